The molecule has 0 aliphatic carbocycles. The Balaban J connectivity index is 2.48. The minimum Gasteiger partial charge on any atom is -0.399 e. The van der Waals surface area contributed by atoms with Crippen LogP contribution in [-0.4, -0.2) is 45.4 Å². The van der Waals surface area contributed by atoms with E-state index in [4.69, 9.17) is 15.2 Å². The van der Waals surface area contributed by atoms with E-state index in [0.717, 1.165) is 38.5 Å². The summed E-state index contributed by atoms with van der Waals surface area (Å²) < 4.78 is 10.2. The monoisotopic (exact) mass is 238 g/mol. The summed E-state index contributed by atoms with van der Waals surface area (Å²) in [6.45, 7) is 4.18. The average Bonchev–Trinajstić information content (AvgIpc) is 2.35. The summed E-state index contributed by atoms with van der Waals surface area (Å²) >= 11 is 0. The second kappa shape index (κ2) is 8.06. The molecule has 0 aliphatic rings. The molecule has 96 valence electrons. The van der Waals surface area contributed by atoms with Gasteiger partial charge < -0.3 is 15.2 Å². The fourth-order valence-corrected chi connectivity index (χ4v) is 1.59. The van der Waals surface area contributed by atoms with E-state index >= 15 is 0 Å². The minimum absolute atomic E-state index is 0.735. The standard InChI is InChI=1S/C13H22N2O2/c1-16-9-7-15(8-10-17-2)11-12-3-5-13(14)6-4-12/h3-6H,7-11,14H2,1-2H3. The van der Waals surface area contributed by atoms with Gasteiger partial charge in [-0.1, -0.05) is 12.1 Å². The second-order valence-corrected chi connectivity index (χ2v) is 4.00. The van der Waals surface area contributed by atoms with Gasteiger partial charge in [-0.2, -0.15) is 0 Å². The van der Waals surface area contributed by atoms with E-state index in [9.17, 15) is 0 Å². The third-order valence-corrected chi connectivity index (χ3v) is 2.61. The van der Waals surface area contributed by atoms with Crippen LogP contribution in [0.25, 0.3) is 0 Å². The molecule has 0 amide bonds. The van der Waals surface area contributed by atoms with Gasteiger partial charge in [0.05, 0.1) is 13.2 Å². The lowest BCUT2D eigenvalue weighted by atomic mass is 10.2. The van der Waals surface area contributed by atoms with Crippen molar-refractivity contribution >= 4 is 5.69 Å². The summed E-state index contributed by atoms with van der Waals surface area (Å²) in [5.74, 6) is 0. The Kier molecular flexibility index (Phi) is 6.62. The van der Waals surface area contributed by atoms with Crippen LogP contribution in [0.4, 0.5) is 5.69 Å². The van der Waals surface area contributed by atoms with E-state index in [1.807, 2.05) is 12.1 Å². The summed E-state index contributed by atoms with van der Waals surface area (Å²) in [4.78, 5) is 2.30. The lowest BCUT2D eigenvalue weighted by Crippen LogP contribution is -2.30. The van der Waals surface area contributed by atoms with Crippen LogP contribution in [0.3, 0.4) is 0 Å². The van der Waals surface area contributed by atoms with E-state index < -0.39 is 0 Å². The Morgan fingerprint density at radius 2 is 1.53 bits per heavy atom. The maximum atomic E-state index is 5.66. The SMILES string of the molecule is COCCN(CCOC)Cc1ccc(N)cc1. The maximum absolute atomic E-state index is 5.66. The molecule has 0 heterocycles. The fourth-order valence-electron chi connectivity index (χ4n) is 1.59. The lowest BCUT2D eigenvalue weighted by Gasteiger charge is -2.21. The number of hydrogen-bond donors (Lipinski definition) is 1. The van der Waals surface area contributed by atoms with Gasteiger partial charge in [-0.25, -0.2) is 0 Å². The predicted octanol–water partition coefficient (Wildman–Crippen LogP) is 1.36. The van der Waals surface area contributed by atoms with Crippen molar-refractivity contribution in [2.75, 3.05) is 46.3 Å². The van der Waals surface area contributed by atoms with Gasteiger partial charge in [0.15, 0.2) is 0 Å². The first-order valence-electron chi connectivity index (χ1n) is 5.81. The van der Waals surface area contributed by atoms with Gasteiger partial charge in [-0.05, 0) is 17.7 Å². The Bertz CT molecular complexity index is 293. The molecule has 0 spiro atoms. The van der Waals surface area contributed by atoms with Crippen LogP contribution in [0.2, 0.25) is 0 Å². The quantitative estimate of drug-likeness (QED) is 0.695. The molecule has 0 saturated carbocycles. The molecule has 1 aromatic rings. The zero-order valence-electron chi connectivity index (χ0n) is 10.7. The minimum atomic E-state index is 0.735. The Hall–Kier alpha value is -1.10. The van der Waals surface area contributed by atoms with Gasteiger partial charge in [0, 0.05) is 39.5 Å². The predicted molar refractivity (Wildman–Crippen MR) is 69.9 cm³/mol. The number of nitrogen functional groups attached to an aromatic ring is 1. The summed E-state index contributed by atoms with van der Waals surface area (Å²) in [5.41, 5.74) is 7.72. The van der Waals surface area contributed by atoms with E-state index in [2.05, 4.69) is 17.0 Å². The Morgan fingerprint density at radius 1 is 1.00 bits per heavy atom. The van der Waals surface area contributed by atoms with Crippen LogP contribution in [0.5, 0.6) is 0 Å². The number of anilines is 1. The third kappa shape index (κ3) is 5.68. The maximum Gasteiger partial charge on any atom is 0.0589 e. The highest BCUT2D eigenvalue weighted by Crippen LogP contribution is 2.08. The first-order chi connectivity index (χ1) is 8.26. The highest BCUT2D eigenvalue weighted by Gasteiger charge is 2.05. The lowest BCUT2D eigenvalue weighted by molar-refractivity contribution is 0.110. The van der Waals surface area contributed by atoms with Crippen molar-refractivity contribution in [3.05, 3.63) is 29.8 Å². The van der Waals surface area contributed by atoms with Crippen LogP contribution in [-0.2, 0) is 16.0 Å². The number of ether oxygens (including phenoxy) is 2. The molecule has 0 fully saturated rings. The Morgan fingerprint density at radius 3 is 2.00 bits per heavy atom. The average molecular weight is 238 g/mol. The van der Waals surface area contributed by atoms with E-state index in [-0.39, 0.29) is 0 Å². The van der Waals surface area contributed by atoms with Crippen LogP contribution in [0.15, 0.2) is 24.3 Å². The number of nitrogens with two attached hydrogens (primary N) is 1. The molecular formula is C13H22N2O2. The molecule has 4 heteroatoms. The smallest absolute Gasteiger partial charge is 0.0589 e. The van der Waals surface area contributed by atoms with Gasteiger partial charge >= 0.3 is 0 Å². The zero-order valence-corrected chi connectivity index (χ0v) is 10.7. The molecule has 1 aromatic carbocycles. The molecule has 17 heavy (non-hydrogen) atoms. The summed E-state index contributed by atoms with van der Waals surface area (Å²) in [6, 6.07) is 7.98. The molecule has 0 bridgehead atoms. The molecule has 4 nitrogen and oxygen atoms in total. The van der Waals surface area contributed by atoms with Crippen molar-refractivity contribution in [1.29, 1.82) is 0 Å². The van der Waals surface area contributed by atoms with Gasteiger partial charge in [0.1, 0.15) is 0 Å². The molecule has 0 atom stereocenters. The molecular weight excluding hydrogens is 216 g/mol. The van der Waals surface area contributed by atoms with Crippen molar-refractivity contribution < 1.29 is 9.47 Å². The van der Waals surface area contributed by atoms with E-state index in [0.29, 0.717) is 0 Å². The van der Waals surface area contributed by atoms with Crippen molar-refractivity contribution in [1.82, 2.24) is 4.90 Å². The number of benzene rings is 1. The van der Waals surface area contributed by atoms with Crippen molar-refractivity contribution in [2.24, 2.45) is 0 Å². The van der Waals surface area contributed by atoms with Gasteiger partial charge in [-0.15, -0.1) is 0 Å². The normalized spacial score (nSPS) is 11.0. The molecule has 1 rings (SSSR count). The van der Waals surface area contributed by atoms with Gasteiger partial charge in [-0.3, -0.25) is 4.90 Å². The zero-order chi connectivity index (χ0) is 12.5. The highest BCUT2D eigenvalue weighted by molar-refractivity contribution is 5.39. The number of nitrogens with zero attached hydrogens (tertiary/aromatic N) is 1. The van der Waals surface area contributed by atoms with Gasteiger partial charge in [0.2, 0.25) is 0 Å². The van der Waals surface area contributed by atoms with Crippen molar-refractivity contribution in [2.45, 2.75) is 6.54 Å². The van der Waals surface area contributed by atoms with E-state index in [1.54, 1.807) is 14.2 Å². The largest absolute Gasteiger partial charge is 0.399 e. The third-order valence-electron chi connectivity index (χ3n) is 2.61. The second-order valence-electron chi connectivity index (χ2n) is 4.00. The molecule has 0 aromatic heterocycles. The van der Waals surface area contributed by atoms with Gasteiger partial charge in [0.25, 0.3) is 0 Å². The number of methoxy groups -OCH3 is 2. The Labute approximate surface area is 103 Å². The van der Waals surface area contributed by atoms with Crippen LogP contribution in [0, 0.1) is 0 Å². The summed E-state index contributed by atoms with van der Waals surface area (Å²) in [5, 5.41) is 0. The molecule has 0 saturated heterocycles. The molecule has 0 radical (unpaired) electrons. The van der Waals surface area contributed by atoms with Crippen LogP contribution in [0.1, 0.15) is 5.56 Å². The molecule has 2 N–H and O–H groups in total. The molecule has 0 aliphatic heterocycles. The summed E-state index contributed by atoms with van der Waals surface area (Å²) in [6.07, 6.45) is 0. The first-order valence-corrected chi connectivity index (χ1v) is 5.81. The topological polar surface area (TPSA) is 47.7 Å². The van der Waals surface area contributed by atoms with Crippen molar-refractivity contribution in [3.8, 4) is 0 Å². The van der Waals surface area contributed by atoms with E-state index in [1.165, 1.54) is 5.56 Å². The van der Waals surface area contributed by atoms with Crippen LogP contribution >= 0.6 is 0 Å². The molecule has 0 unspecified atom stereocenters. The van der Waals surface area contributed by atoms with Crippen molar-refractivity contribution in [3.63, 3.8) is 0 Å². The number of rotatable bonds is 8. The fraction of sp³-hybridized carbons (Fsp3) is 0.538. The van der Waals surface area contributed by atoms with Crippen LogP contribution < -0.4 is 5.73 Å². The highest BCUT2D eigenvalue weighted by atomic mass is 16.5. The number of hydrogen-bond acceptors (Lipinski definition) is 4. The first kappa shape index (κ1) is 14.0. The summed E-state index contributed by atoms with van der Waals surface area (Å²) in [7, 11) is 3.44.